The first-order valence-electron chi connectivity index (χ1n) is 5.80. The predicted octanol–water partition coefficient (Wildman–Crippen LogP) is 1.38. The number of nitrogens with one attached hydrogen (secondary N) is 1. The van der Waals surface area contributed by atoms with Gasteiger partial charge in [0.2, 0.25) is 0 Å². The number of benzene rings is 1. The van der Waals surface area contributed by atoms with Gasteiger partial charge in [-0.25, -0.2) is 0 Å². The van der Waals surface area contributed by atoms with Gasteiger partial charge in [-0.2, -0.15) is 0 Å². The molecule has 0 bridgehead atoms. The highest BCUT2D eigenvalue weighted by atomic mass is 16.5. The Morgan fingerprint density at radius 3 is 2.75 bits per heavy atom. The molecule has 0 amide bonds. The van der Waals surface area contributed by atoms with E-state index >= 15 is 0 Å². The van der Waals surface area contributed by atoms with Crippen molar-refractivity contribution in [1.29, 1.82) is 0 Å². The molecule has 1 aromatic rings. The third-order valence-corrected chi connectivity index (χ3v) is 3.39. The summed E-state index contributed by atoms with van der Waals surface area (Å²) in [4.78, 5) is 0. The molecule has 0 aliphatic carbocycles. The van der Waals surface area contributed by atoms with Crippen LogP contribution in [0.3, 0.4) is 0 Å². The largest absolute Gasteiger partial charge is 0.497 e. The number of piperidine rings is 1. The highest BCUT2D eigenvalue weighted by molar-refractivity contribution is 5.30. The maximum Gasteiger partial charge on any atom is 0.118 e. The van der Waals surface area contributed by atoms with Gasteiger partial charge in [0.1, 0.15) is 5.75 Å². The monoisotopic (exact) mass is 221 g/mol. The fraction of sp³-hybridized carbons (Fsp3) is 0.538. The lowest BCUT2D eigenvalue weighted by Crippen LogP contribution is -2.37. The Hall–Kier alpha value is -1.06. The molecule has 16 heavy (non-hydrogen) atoms. The van der Waals surface area contributed by atoms with Crippen LogP contribution < -0.4 is 10.1 Å². The Balaban J connectivity index is 2.14. The Morgan fingerprint density at radius 2 is 2.12 bits per heavy atom. The van der Waals surface area contributed by atoms with Gasteiger partial charge < -0.3 is 15.2 Å². The lowest BCUT2D eigenvalue weighted by atomic mass is 9.81. The first-order valence-corrected chi connectivity index (χ1v) is 5.80. The number of hydrogen-bond acceptors (Lipinski definition) is 3. The summed E-state index contributed by atoms with van der Waals surface area (Å²) >= 11 is 0. The van der Waals surface area contributed by atoms with Gasteiger partial charge in [-0.1, -0.05) is 12.1 Å². The summed E-state index contributed by atoms with van der Waals surface area (Å²) in [5, 5.41) is 12.7. The van der Waals surface area contributed by atoms with E-state index in [1.807, 2.05) is 12.1 Å². The summed E-state index contributed by atoms with van der Waals surface area (Å²) in [5.74, 6) is 1.69. The van der Waals surface area contributed by atoms with E-state index in [1.54, 1.807) is 7.11 Å². The van der Waals surface area contributed by atoms with E-state index in [4.69, 9.17) is 4.74 Å². The van der Waals surface area contributed by atoms with Crippen molar-refractivity contribution in [3.63, 3.8) is 0 Å². The van der Waals surface area contributed by atoms with E-state index in [0.29, 0.717) is 11.8 Å². The average Bonchev–Trinajstić information content (AvgIpc) is 2.39. The second kappa shape index (κ2) is 5.32. The molecule has 0 radical (unpaired) electrons. The Labute approximate surface area is 96.4 Å². The SMILES string of the molecule is COc1ccc([C@@H]2CCNC[C@H]2CO)cc1. The summed E-state index contributed by atoms with van der Waals surface area (Å²) in [6, 6.07) is 8.20. The highest BCUT2D eigenvalue weighted by Gasteiger charge is 2.25. The molecule has 88 valence electrons. The van der Waals surface area contributed by atoms with Crippen LogP contribution >= 0.6 is 0 Å². The van der Waals surface area contributed by atoms with Crippen LogP contribution in [0.25, 0.3) is 0 Å². The second-order valence-corrected chi connectivity index (χ2v) is 4.32. The average molecular weight is 221 g/mol. The van der Waals surface area contributed by atoms with Crippen molar-refractivity contribution in [3.05, 3.63) is 29.8 Å². The number of hydrogen-bond donors (Lipinski definition) is 2. The molecule has 0 spiro atoms. The summed E-state index contributed by atoms with van der Waals surface area (Å²) < 4.78 is 5.15. The van der Waals surface area contributed by atoms with E-state index in [-0.39, 0.29) is 6.61 Å². The van der Waals surface area contributed by atoms with Gasteiger partial charge in [0.05, 0.1) is 7.11 Å². The number of aliphatic hydroxyl groups is 1. The molecule has 1 aliphatic heterocycles. The Kier molecular flexibility index (Phi) is 3.80. The summed E-state index contributed by atoms with van der Waals surface area (Å²) in [6.45, 7) is 2.20. The molecular formula is C13H19NO2. The van der Waals surface area contributed by atoms with Crippen molar-refractivity contribution in [1.82, 2.24) is 5.32 Å². The predicted molar refractivity (Wildman–Crippen MR) is 63.8 cm³/mol. The maximum atomic E-state index is 9.36. The van der Waals surface area contributed by atoms with Gasteiger partial charge >= 0.3 is 0 Å². The minimum atomic E-state index is 0.254. The molecule has 1 saturated heterocycles. The van der Waals surface area contributed by atoms with Gasteiger partial charge in [0.25, 0.3) is 0 Å². The maximum absolute atomic E-state index is 9.36. The van der Waals surface area contributed by atoms with Gasteiger partial charge in [0, 0.05) is 19.1 Å². The van der Waals surface area contributed by atoms with Crippen LogP contribution in [-0.2, 0) is 0 Å². The molecule has 1 fully saturated rings. The fourth-order valence-corrected chi connectivity index (χ4v) is 2.40. The van der Waals surface area contributed by atoms with Crippen molar-refractivity contribution in [3.8, 4) is 5.75 Å². The number of methoxy groups -OCH3 is 1. The normalized spacial score (nSPS) is 25.4. The molecule has 1 aliphatic rings. The van der Waals surface area contributed by atoms with Crippen LogP contribution in [-0.4, -0.2) is 31.9 Å². The smallest absolute Gasteiger partial charge is 0.118 e. The molecule has 2 rings (SSSR count). The lowest BCUT2D eigenvalue weighted by molar-refractivity contribution is 0.179. The van der Waals surface area contributed by atoms with E-state index in [0.717, 1.165) is 25.3 Å². The van der Waals surface area contributed by atoms with E-state index < -0.39 is 0 Å². The zero-order chi connectivity index (χ0) is 11.4. The van der Waals surface area contributed by atoms with E-state index in [1.165, 1.54) is 5.56 Å². The Morgan fingerprint density at radius 1 is 1.38 bits per heavy atom. The summed E-state index contributed by atoms with van der Waals surface area (Å²) in [5.41, 5.74) is 1.31. The third kappa shape index (κ3) is 2.36. The first-order chi connectivity index (χ1) is 7.85. The summed E-state index contributed by atoms with van der Waals surface area (Å²) in [7, 11) is 1.68. The molecule has 1 aromatic carbocycles. The third-order valence-electron chi connectivity index (χ3n) is 3.39. The Bertz CT molecular complexity index is 323. The lowest BCUT2D eigenvalue weighted by Gasteiger charge is -2.31. The van der Waals surface area contributed by atoms with Crippen LogP contribution in [0.2, 0.25) is 0 Å². The molecule has 3 nitrogen and oxygen atoms in total. The first kappa shape index (κ1) is 11.4. The van der Waals surface area contributed by atoms with Crippen molar-refractivity contribution < 1.29 is 9.84 Å². The molecular weight excluding hydrogens is 202 g/mol. The fourth-order valence-electron chi connectivity index (χ4n) is 2.40. The van der Waals surface area contributed by atoms with Crippen LogP contribution in [0.5, 0.6) is 5.75 Å². The zero-order valence-electron chi connectivity index (χ0n) is 9.65. The van der Waals surface area contributed by atoms with Gasteiger partial charge in [-0.05, 0) is 36.6 Å². The van der Waals surface area contributed by atoms with E-state index in [9.17, 15) is 5.11 Å². The quantitative estimate of drug-likeness (QED) is 0.810. The van der Waals surface area contributed by atoms with Crippen molar-refractivity contribution in [2.45, 2.75) is 12.3 Å². The van der Waals surface area contributed by atoms with Gasteiger partial charge in [-0.15, -0.1) is 0 Å². The molecule has 0 saturated carbocycles. The van der Waals surface area contributed by atoms with Crippen LogP contribution in [0.1, 0.15) is 17.9 Å². The van der Waals surface area contributed by atoms with Crippen LogP contribution in [0.4, 0.5) is 0 Å². The highest BCUT2D eigenvalue weighted by Crippen LogP contribution is 2.30. The minimum absolute atomic E-state index is 0.254. The zero-order valence-corrected chi connectivity index (χ0v) is 9.65. The molecule has 1 heterocycles. The standard InChI is InChI=1S/C13H19NO2/c1-16-12-4-2-10(3-5-12)13-6-7-14-8-11(13)9-15/h2-5,11,13-15H,6-9H2,1H3/t11-,13-/m0/s1. The van der Waals surface area contributed by atoms with Gasteiger partial charge in [0.15, 0.2) is 0 Å². The molecule has 3 heteroatoms. The van der Waals surface area contributed by atoms with Crippen molar-refractivity contribution >= 4 is 0 Å². The minimum Gasteiger partial charge on any atom is -0.497 e. The second-order valence-electron chi connectivity index (χ2n) is 4.32. The molecule has 2 N–H and O–H groups in total. The van der Waals surface area contributed by atoms with Crippen molar-refractivity contribution in [2.24, 2.45) is 5.92 Å². The number of ether oxygens (including phenoxy) is 1. The molecule has 0 aromatic heterocycles. The number of aliphatic hydroxyl groups excluding tert-OH is 1. The van der Waals surface area contributed by atoms with Crippen molar-refractivity contribution in [2.75, 3.05) is 26.8 Å². The molecule has 0 unspecified atom stereocenters. The summed E-state index contributed by atoms with van der Waals surface area (Å²) in [6.07, 6.45) is 1.09. The topological polar surface area (TPSA) is 41.5 Å². The molecule has 2 atom stereocenters. The van der Waals surface area contributed by atoms with Gasteiger partial charge in [-0.3, -0.25) is 0 Å². The van der Waals surface area contributed by atoms with Crippen LogP contribution in [0.15, 0.2) is 24.3 Å². The number of rotatable bonds is 3. The van der Waals surface area contributed by atoms with Crippen LogP contribution in [0, 0.1) is 5.92 Å². The van der Waals surface area contributed by atoms with E-state index in [2.05, 4.69) is 17.4 Å².